The molecule has 14 heteroatoms. The van der Waals surface area contributed by atoms with Crippen LogP contribution in [0.1, 0.15) is 42.6 Å². The van der Waals surface area contributed by atoms with Gasteiger partial charge in [0.1, 0.15) is 5.75 Å². The van der Waals surface area contributed by atoms with Gasteiger partial charge in [0.2, 0.25) is 0 Å². The molecule has 1 aromatic heterocycles. The zero-order chi connectivity index (χ0) is 29.6. The minimum absolute atomic E-state index is 0.00603. The number of nitrogens with two attached hydrogens (primary N) is 1. The molecule has 0 aliphatic rings. The first-order valence-electron chi connectivity index (χ1n) is 11.6. The standard InChI is InChI=1S/C14H17F3N2O4.C8H7N.C3H8O3S/c1-8(18)5-6-23-11-7-9(13(20)22-2)3-4-10(11)12(19-21)14(15,16)17;1-2-4-8-7(3-1)5-6-9-8;1-2-3-7(4,5)6/h3-4,7-8,21H,5-6,18H2,1-2H3;1-6,9H;2-3H2,1H3,(H,4,5,6). The number of rotatable bonds is 8. The van der Waals surface area contributed by atoms with Gasteiger partial charge in [-0.2, -0.15) is 21.6 Å². The number of ether oxygens (including phenoxy) is 2. The number of esters is 1. The van der Waals surface area contributed by atoms with Crippen molar-refractivity contribution in [3.63, 3.8) is 0 Å². The summed E-state index contributed by atoms with van der Waals surface area (Å²) in [5, 5.41) is 12.3. The van der Waals surface area contributed by atoms with Gasteiger partial charge < -0.3 is 25.4 Å². The van der Waals surface area contributed by atoms with Crippen LogP contribution < -0.4 is 10.5 Å². The number of halogens is 3. The molecular weight excluding hydrogens is 543 g/mol. The number of para-hydroxylation sites is 1. The number of hydrogen-bond donors (Lipinski definition) is 4. The number of alkyl halides is 3. The fourth-order valence-corrected chi connectivity index (χ4v) is 3.47. The van der Waals surface area contributed by atoms with Gasteiger partial charge in [0.05, 0.1) is 30.6 Å². The second kappa shape index (κ2) is 15.7. The predicted octanol–water partition coefficient (Wildman–Crippen LogP) is 4.78. The van der Waals surface area contributed by atoms with Crippen LogP contribution in [-0.2, 0) is 14.9 Å². The average Bonchev–Trinajstić information content (AvgIpc) is 3.33. The van der Waals surface area contributed by atoms with E-state index in [4.69, 9.17) is 20.2 Å². The molecule has 1 atom stereocenters. The number of aromatic nitrogens is 1. The summed E-state index contributed by atoms with van der Waals surface area (Å²) in [6, 6.07) is 13.3. The summed E-state index contributed by atoms with van der Waals surface area (Å²) in [7, 11) is -2.53. The van der Waals surface area contributed by atoms with Gasteiger partial charge in [0.15, 0.2) is 5.71 Å². The van der Waals surface area contributed by atoms with Crippen molar-refractivity contribution in [2.45, 2.75) is 38.9 Å². The van der Waals surface area contributed by atoms with E-state index in [2.05, 4.69) is 33.1 Å². The van der Waals surface area contributed by atoms with E-state index < -0.39 is 33.5 Å². The predicted molar refractivity (Wildman–Crippen MR) is 141 cm³/mol. The normalized spacial score (nSPS) is 12.5. The molecule has 0 aliphatic carbocycles. The summed E-state index contributed by atoms with van der Waals surface area (Å²) in [5.74, 6) is -1.12. The third-order valence-corrected chi connectivity index (χ3v) is 5.71. The third-order valence-electron chi connectivity index (χ3n) is 4.78. The van der Waals surface area contributed by atoms with Gasteiger partial charge in [-0.1, -0.05) is 30.3 Å². The van der Waals surface area contributed by atoms with Crippen LogP contribution in [0.2, 0.25) is 0 Å². The number of methoxy groups -OCH3 is 1. The lowest BCUT2D eigenvalue weighted by Gasteiger charge is -2.16. The first-order chi connectivity index (χ1) is 18.2. The van der Waals surface area contributed by atoms with Crippen molar-refractivity contribution in [3.8, 4) is 5.75 Å². The SMILES string of the molecule is CCCS(=O)(=O)O.COC(=O)c1ccc(C(=NO)C(F)(F)F)c(OCCC(C)N)c1.c1ccc2[nH]ccc2c1. The Balaban J connectivity index is 0.000000382. The number of H-pyrrole nitrogens is 1. The minimum Gasteiger partial charge on any atom is -0.493 e. The van der Waals surface area contributed by atoms with Gasteiger partial charge >= 0.3 is 12.1 Å². The van der Waals surface area contributed by atoms with E-state index in [0.717, 1.165) is 25.3 Å². The number of fused-ring (bicyclic) bond motifs is 1. The fraction of sp³-hybridized carbons (Fsp3) is 0.360. The lowest BCUT2D eigenvalue weighted by atomic mass is 10.1. The number of benzene rings is 2. The second-order valence-electron chi connectivity index (χ2n) is 8.11. The summed E-state index contributed by atoms with van der Waals surface area (Å²) in [6.07, 6.45) is -2.08. The number of carbonyl (C=O) groups excluding carboxylic acids is 1. The Morgan fingerprint density at radius 3 is 2.33 bits per heavy atom. The van der Waals surface area contributed by atoms with E-state index in [9.17, 15) is 26.4 Å². The van der Waals surface area contributed by atoms with Crippen molar-refractivity contribution >= 4 is 32.7 Å². The molecule has 3 rings (SSSR count). The molecule has 0 amide bonds. The molecule has 1 heterocycles. The van der Waals surface area contributed by atoms with Gasteiger partial charge in [0, 0.05) is 17.8 Å². The molecule has 0 saturated carbocycles. The van der Waals surface area contributed by atoms with Crippen LogP contribution in [0.25, 0.3) is 10.9 Å². The first-order valence-corrected chi connectivity index (χ1v) is 13.2. The van der Waals surface area contributed by atoms with Crippen LogP contribution >= 0.6 is 0 Å². The Labute approximate surface area is 224 Å². The van der Waals surface area contributed by atoms with Crippen molar-refractivity contribution in [2.75, 3.05) is 19.5 Å². The van der Waals surface area contributed by atoms with Crippen LogP contribution in [0, 0.1) is 0 Å². The van der Waals surface area contributed by atoms with Crippen LogP contribution in [0.4, 0.5) is 13.2 Å². The summed E-state index contributed by atoms with van der Waals surface area (Å²) in [4.78, 5) is 14.6. The highest BCUT2D eigenvalue weighted by atomic mass is 32.2. The summed E-state index contributed by atoms with van der Waals surface area (Å²) in [5.41, 5.74) is 4.75. The highest BCUT2D eigenvalue weighted by molar-refractivity contribution is 7.85. The Morgan fingerprint density at radius 2 is 1.85 bits per heavy atom. The number of hydrogen-bond acceptors (Lipinski definition) is 8. The van der Waals surface area contributed by atoms with Gasteiger partial charge in [-0.3, -0.25) is 4.55 Å². The highest BCUT2D eigenvalue weighted by Gasteiger charge is 2.39. The number of carbonyl (C=O) groups is 1. The minimum atomic E-state index is -4.89. The van der Waals surface area contributed by atoms with Crippen molar-refractivity contribution in [3.05, 3.63) is 65.9 Å². The largest absolute Gasteiger partial charge is 0.493 e. The molecule has 0 radical (unpaired) electrons. The Kier molecular flexibility index (Phi) is 13.5. The average molecular weight is 576 g/mol. The lowest BCUT2D eigenvalue weighted by Crippen LogP contribution is -2.25. The van der Waals surface area contributed by atoms with Crippen molar-refractivity contribution < 1.29 is 45.6 Å². The smallest absolute Gasteiger partial charge is 0.437 e. The molecule has 1 unspecified atom stereocenters. The maximum Gasteiger partial charge on any atom is 0.437 e. The van der Waals surface area contributed by atoms with E-state index >= 15 is 0 Å². The molecule has 0 spiro atoms. The molecular formula is C25H32F3N3O7S. The van der Waals surface area contributed by atoms with Crippen LogP contribution in [-0.4, -0.2) is 66.5 Å². The number of aromatic amines is 1. The number of nitrogens with one attached hydrogen (secondary N) is 1. The van der Waals surface area contributed by atoms with Gasteiger partial charge in [-0.05, 0) is 55.5 Å². The molecule has 2 aromatic carbocycles. The zero-order valence-electron chi connectivity index (χ0n) is 21.6. The second-order valence-corrected chi connectivity index (χ2v) is 9.69. The van der Waals surface area contributed by atoms with Crippen LogP contribution in [0.5, 0.6) is 5.75 Å². The number of oxime groups is 1. The summed E-state index contributed by atoms with van der Waals surface area (Å²) in [6.45, 7) is 3.44. The summed E-state index contributed by atoms with van der Waals surface area (Å²) < 4.78 is 76.1. The van der Waals surface area contributed by atoms with Crippen molar-refractivity contribution in [1.29, 1.82) is 0 Å². The topological polar surface area (TPSA) is 164 Å². The van der Waals surface area contributed by atoms with E-state index in [1.807, 2.05) is 18.3 Å². The lowest BCUT2D eigenvalue weighted by molar-refractivity contribution is -0.0602. The fourth-order valence-electron chi connectivity index (χ4n) is 2.95. The van der Waals surface area contributed by atoms with E-state index in [0.29, 0.717) is 12.8 Å². The molecule has 39 heavy (non-hydrogen) atoms. The van der Waals surface area contributed by atoms with Crippen molar-refractivity contribution in [2.24, 2.45) is 10.9 Å². The van der Waals surface area contributed by atoms with Gasteiger partial charge in [0.25, 0.3) is 10.1 Å². The molecule has 216 valence electrons. The monoisotopic (exact) mass is 575 g/mol. The Bertz CT molecular complexity index is 1290. The van der Waals surface area contributed by atoms with Crippen LogP contribution in [0.3, 0.4) is 0 Å². The van der Waals surface area contributed by atoms with E-state index in [1.54, 1.807) is 13.8 Å². The molecule has 5 N–H and O–H groups in total. The quantitative estimate of drug-likeness (QED) is 0.0980. The van der Waals surface area contributed by atoms with E-state index in [1.165, 1.54) is 10.9 Å². The third kappa shape index (κ3) is 12.2. The maximum absolute atomic E-state index is 12.9. The highest BCUT2D eigenvalue weighted by Crippen LogP contribution is 2.30. The molecule has 0 bridgehead atoms. The van der Waals surface area contributed by atoms with E-state index in [-0.39, 0.29) is 29.7 Å². The summed E-state index contributed by atoms with van der Waals surface area (Å²) >= 11 is 0. The van der Waals surface area contributed by atoms with Crippen LogP contribution in [0.15, 0.2) is 59.9 Å². The molecule has 10 nitrogen and oxygen atoms in total. The molecule has 3 aromatic rings. The maximum atomic E-state index is 12.9. The first kappa shape index (κ1) is 33.4. The van der Waals surface area contributed by atoms with Crippen molar-refractivity contribution in [1.82, 2.24) is 4.98 Å². The molecule has 0 saturated heterocycles. The molecule has 0 aliphatic heterocycles. The Morgan fingerprint density at radius 1 is 1.18 bits per heavy atom. The Hall–Kier alpha value is -3.62. The number of nitrogens with zero attached hydrogens (tertiary/aromatic N) is 1. The van der Waals surface area contributed by atoms with Gasteiger partial charge in [-0.15, -0.1) is 0 Å². The van der Waals surface area contributed by atoms with Gasteiger partial charge in [-0.25, -0.2) is 4.79 Å². The zero-order valence-corrected chi connectivity index (χ0v) is 22.4. The molecule has 0 fully saturated rings.